The molecule has 1 saturated heterocycles. The molecule has 5 rings (SSSR count). The number of pyridine rings is 1. The Morgan fingerprint density at radius 2 is 2.28 bits per heavy atom. The number of fused-ring (bicyclic) bond motifs is 2. The first-order chi connectivity index (χ1) is 18.7. The van der Waals surface area contributed by atoms with E-state index in [4.69, 9.17) is 27.3 Å². The average molecular weight is 591 g/mol. The monoisotopic (exact) mass is 590 g/mol. The Morgan fingerprint density at radius 1 is 1.49 bits per heavy atom. The van der Waals surface area contributed by atoms with E-state index in [0.717, 1.165) is 27.9 Å². The zero-order valence-corrected chi connectivity index (χ0v) is 22.5. The molecule has 0 radical (unpaired) electrons. The van der Waals surface area contributed by atoms with Gasteiger partial charge in [0, 0.05) is 29.7 Å². The van der Waals surface area contributed by atoms with Gasteiger partial charge in [-0.2, -0.15) is 4.57 Å². The normalized spacial score (nSPS) is 19.9. The van der Waals surface area contributed by atoms with Crippen molar-refractivity contribution in [3.8, 4) is 0 Å². The molecule has 2 aliphatic heterocycles. The Labute approximate surface area is 233 Å². The van der Waals surface area contributed by atoms with Gasteiger partial charge in [0.05, 0.1) is 5.70 Å². The maximum absolute atomic E-state index is 13.2. The first-order valence-corrected chi connectivity index (χ1v) is 13.7. The van der Waals surface area contributed by atoms with Gasteiger partial charge in [-0.25, -0.2) is 9.78 Å². The number of nitrogen functional groups attached to an aromatic ring is 1. The number of oxime groups is 1. The lowest BCUT2D eigenvalue weighted by Crippen LogP contribution is -2.70. The maximum atomic E-state index is 13.2. The van der Waals surface area contributed by atoms with Crippen molar-refractivity contribution in [3.05, 3.63) is 51.9 Å². The number of halogens is 1. The first kappa shape index (κ1) is 26.6. The number of anilines is 1. The van der Waals surface area contributed by atoms with Crippen LogP contribution in [-0.2, 0) is 30.6 Å². The number of aromatic amines is 1. The molecule has 202 valence electrons. The summed E-state index contributed by atoms with van der Waals surface area (Å²) in [5.41, 5.74) is 8.07. The zero-order valence-electron chi connectivity index (χ0n) is 20.2. The number of carbonyl (C=O) groups is 4. The summed E-state index contributed by atoms with van der Waals surface area (Å²) < 4.78 is 2.02. The van der Waals surface area contributed by atoms with E-state index in [1.165, 1.54) is 23.6 Å². The number of hydrogen-bond donors (Lipinski definition) is 4. The number of aldehydes is 1. The van der Waals surface area contributed by atoms with Crippen LogP contribution in [0.2, 0.25) is 4.34 Å². The number of nitrogens with two attached hydrogens (primary N) is 1. The summed E-state index contributed by atoms with van der Waals surface area (Å²) >= 11 is 8.44. The van der Waals surface area contributed by atoms with E-state index < -0.39 is 41.0 Å². The van der Waals surface area contributed by atoms with Gasteiger partial charge in [0.15, 0.2) is 29.9 Å². The van der Waals surface area contributed by atoms with Crippen molar-refractivity contribution in [1.82, 2.24) is 20.2 Å². The molecule has 0 aromatic carbocycles. The van der Waals surface area contributed by atoms with Crippen molar-refractivity contribution < 1.29 is 33.7 Å². The van der Waals surface area contributed by atoms with Crippen molar-refractivity contribution in [3.63, 3.8) is 0 Å². The quantitative estimate of drug-likeness (QED) is 0.0924. The standard InChI is InChI=1S/C23H20ClN7O6S2/c1-10(22(35)36)37-29-16(15-18(24)39-23(25)28-15)19(33)27-17-20(34)31-14(8-32)11(9-38-21(17)31)7-30-6-2-3-12-13(30)4-5-26-12/h2-6,8,10,17,21H,7,9H2,1H3,(H4,25,27,28,33,35,36)/p+1/b29-16-/t10-,17?,21?/m0/s1. The Balaban J connectivity index is 1.36. The second-order valence-electron chi connectivity index (χ2n) is 8.58. The molecule has 2 aliphatic rings. The Bertz CT molecular complexity index is 1570. The molecule has 5 heterocycles. The summed E-state index contributed by atoms with van der Waals surface area (Å²) in [6.45, 7) is 1.63. The van der Waals surface area contributed by atoms with Gasteiger partial charge in [0.1, 0.15) is 27.0 Å². The van der Waals surface area contributed by atoms with E-state index in [-0.39, 0.29) is 20.9 Å². The fourth-order valence-corrected chi connectivity index (χ4v) is 6.47. The molecule has 3 aromatic rings. The van der Waals surface area contributed by atoms with E-state index >= 15 is 0 Å². The van der Waals surface area contributed by atoms with Gasteiger partial charge in [-0.05, 0) is 13.0 Å². The predicted molar refractivity (Wildman–Crippen MR) is 143 cm³/mol. The Hall–Kier alpha value is -3.95. The fourth-order valence-electron chi connectivity index (χ4n) is 4.19. The van der Waals surface area contributed by atoms with Crippen molar-refractivity contribution in [2.45, 2.75) is 31.0 Å². The molecule has 5 N–H and O–H groups in total. The van der Waals surface area contributed by atoms with E-state index in [0.29, 0.717) is 18.6 Å². The van der Waals surface area contributed by atoms with Crippen LogP contribution in [0.3, 0.4) is 0 Å². The second kappa shape index (κ2) is 10.7. The van der Waals surface area contributed by atoms with Gasteiger partial charge < -0.3 is 26.0 Å². The molecular weight excluding hydrogens is 570 g/mol. The van der Waals surface area contributed by atoms with E-state index in [2.05, 4.69) is 20.4 Å². The number of nitrogens with one attached hydrogen (secondary N) is 2. The molecule has 0 aliphatic carbocycles. The van der Waals surface area contributed by atoms with Crippen molar-refractivity contribution >= 4 is 80.6 Å². The van der Waals surface area contributed by atoms with Gasteiger partial charge in [-0.15, -0.1) is 11.8 Å². The highest BCUT2D eigenvalue weighted by Crippen LogP contribution is 2.39. The van der Waals surface area contributed by atoms with Crippen LogP contribution in [0.25, 0.3) is 11.0 Å². The molecule has 2 unspecified atom stereocenters. The number of aromatic nitrogens is 3. The molecular formula is C23H21ClN7O6S2+. The van der Waals surface area contributed by atoms with Gasteiger partial charge in [0.2, 0.25) is 11.6 Å². The summed E-state index contributed by atoms with van der Waals surface area (Å²) in [6, 6.07) is 4.78. The smallest absolute Gasteiger partial charge is 0.347 e. The Morgan fingerprint density at radius 3 is 2.97 bits per heavy atom. The first-order valence-electron chi connectivity index (χ1n) is 11.5. The van der Waals surface area contributed by atoms with E-state index in [9.17, 15) is 19.2 Å². The average Bonchev–Trinajstić information content (AvgIpc) is 3.53. The zero-order chi connectivity index (χ0) is 27.8. The lowest BCUT2D eigenvalue weighted by atomic mass is 10.0. The molecule has 3 aromatic heterocycles. The number of thiazole rings is 1. The minimum absolute atomic E-state index is 0.0346. The number of allylic oxidation sites excluding steroid dienone is 1. The molecule has 0 saturated carbocycles. The summed E-state index contributed by atoms with van der Waals surface area (Å²) in [5.74, 6) is -2.19. The van der Waals surface area contributed by atoms with E-state index in [1.54, 1.807) is 0 Å². The van der Waals surface area contributed by atoms with Crippen molar-refractivity contribution in [2.24, 2.45) is 5.16 Å². The fraction of sp³-hybridized carbons (Fsp3) is 0.261. The maximum Gasteiger partial charge on any atom is 0.347 e. The number of thioether (sulfide) groups is 1. The largest absolute Gasteiger partial charge is 0.478 e. The number of rotatable bonds is 9. The molecule has 13 nitrogen and oxygen atoms in total. The minimum atomic E-state index is -1.37. The number of carboxylic acid groups (broad SMARTS) is 1. The van der Waals surface area contributed by atoms with Crippen LogP contribution in [0.15, 0.2) is 47.0 Å². The number of β-lactam (4-membered cyclic amide) rings is 1. The molecule has 1 fully saturated rings. The van der Waals surface area contributed by atoms with E-state index in [1.807, 2.05) is 35.2 Å². The number of H-pyrrole nitrogens is 1. The second-order valence-corrected chi connectivity index (χ2v) is 11.3. The van der Waals surface area contributed by atoms with Crippen LogP contribution in [0.4, 0.5) is 5.13 Å². The number of carboxylic acids is 1. The van der Waals surface area contributed by atoms with Gasteiger partial charge >= 0.3 is 5.97 Å². The van der Waals surface area contributed by atoms with Crippen LogP contribution >= 0.6 is 34.7 Å². The van der Waals surface area contributed by atoms with Crippen LogP contribution in [0, 0.1) is 0 Å². The van der Waals surface area contributed by atoms with Crippen LogP contribution in [-0.4, -0.2) is 73.0 Å². The highest BCUT2D eigenvalue weighted by atomic mass is 35.5. The molecule has 2 amide bonds. The third kappa shape index (κ3) is 4.95. The lowest BCUT2D eigenvalue weighted by molar-refractivity contribution is -0.663. The highest BCUT2D eigenvalue weighted by molar-refractivity contribution is 8.00. The summed E-state index contributed by atoms with van der Waals surface area (Å²) in [4.78, 5) is 63.0. The number of hydrogen-bond acceptors (Lipinski definition) is 10. The third-order valence-electron chi connectivity index (χ3n) is 6.14. The molecule has 16 heteroatoms. The number of amides is 2. The number of carbonyl (C=O) groups excluding carboxylic acids is 3. The minimum Gasteiger partial charge on any atom is -0.478 e. The summed E-state index contributed by atoms with van der Waals surface area (Å²) in [6.07, 6.45) is 3.01. The van der Waals surface area contributed by atoms with Gasteiger partial charge in [-0.3, -0.25) is 19.3 Å². The van der Waals surface area contributed by atoms with Crippen LogP contribution in [0.5, 0.6) is 0 Å². The molecule has 0 spiro atoms. The van der Waals surface area contributed by atoms with Crippen molar-refractivity contribution in [1.29, 1.82) is 0 Å². The SMILES string of the molecule is C[C@H](O/N=C(\C(=O)NC1C(=O)N2C(C=O)=C(C[n+]3cccc4[nH]ccc43)CSC12)c1nc(N)sc1Cl)C(=O)O. The van der Waals surface area contributed by atoms with Crippen LogP contribution in [0.1, 0.15) is 12.6 Å². The van der Waals surface area contributed by atoms with Crippen LogP contribution < -0.4 is 15.6 Å². The topological polar surface area (TPSA) is 184 Å². The number of nitrogens with zero attached hydrogens (tertiary/aromatic N) is 4. The Kier molecular flexibility index (Phi) is 7.29. The molecule has 3 atom stereocenters. The van der Waals surface area contributed by atoms with Gasteiger partial charge in [-0.1, -0.05) is 28.1 Å². The molecule has 0 bridgehead atoms. The third-order valence-corrected chi connectivity index (χ3v) is 8.56. The predicted octanol–water partition coefficient (Wildman–Crippen LogP) is 0.894. The molecule has 39 heavy (non-hydrogen) atoms. The highest BCUT2D eigenvalue weighted by Gasteiger charge is 2.53. The lowest BCUT2D eigenvalue weighted by Gasteiger charge is -2.49. The summed E-state index contributed by atoms with van der Waals surface area (Å²) in [5, 5.41) is 14.9. The van der Waals surface area contributed by atoms with Crippen molar-refractivity contribution in [2.75, 3.05) is 11.5 Å². The summed E-state index contributed by atoms with van der Waals surface area (Å²) in [7, 11) is 0. The number of aliphatic carboxylic acids is 1. The van der Waals surface area contributed by atoms with Gasteiger partial charge in [0.25, 0.3) is 11.8 Å².